The smallest absolute Gasteiger partial charge is 0.338 e. The van der Waals surface area contributed by atoms with Crippen LogP contribution in [0.25, 0.3) is 76.2 Å². The Bertz CT molecular complexity index is 2290. The summed E-state index contributed by atoms with van der Waals surface area (Å²) in [7, 11) is 1.41. The number of methoxy groups -OCH3 is 1. The minimum Gasteiger partial charge on any atom is -0.465 e. The topological polar surface area (TPSA) is 39.4 Å². The monoisotopic (exact) mass is 502 g/mol. The van der Waals surface area contributed by atoms with Gasteiger partial charge in [0.25, 0.3) is 0 Å². The molecule has 0 aliphatic heterocycles. The van der Waals surface area contributed by atoms with Crippen molar-refractivity contribution in [3.05, 3.63) is 121 Å². The summed E-state index contributed by atoms with van der Waals surface area (Å²) in [5.41, 5.74) is 3.99. The predicted octanol–water partition coefficient (Wildman–Crippen LogP) is 9.65. The van der Waals surface area contributed by atoms with Gasteiger partial charge in [0.05, 0.1) is 12.7 Å². The van der Waals surface area contributed by atoms with Gasteiger partial charge in [-0.05, 0) is 96.7 Å². The van der Waals surface area contributed by atoms with Crippen LogP contribution in [0.4, 0.5) is 0 Å². The van der Waals surface area contributed by atoms with Gasteiger partial charge in [0.2, 0.25) is 0 Å². The van der Waals surface area contributed by atoms with Gasteiger partial charge in [-0.1, -0.05) is 72.8 Å². The average molecular weight is 503 g/mol. The van der Waals surface area contributed by atoms with Gasteiger partial charge in [-0.25, -0.2) is 4.79 Å². The Kier molecular flexibility index (Phi) is 4.59. The Morgan fingerprint density at radius 3 is 1.87 bits per heavy atom. The minimum absolute atomic E-state index is 0.348. The van der Waals surface area contributed by atoms with E-state index in [1.54, 1.807) is 6.07 Å². The van der Waals surface area contributed by atoms with Crippen molar-refractivity contribution in [2.45, 2.75) is 0 Å². The number of carbonyl (C=O) groups excluding carboxylic acids is 1. The standard InChI is InChI=1S/C36H22O3/c1-38-36(37)27-13-7-4-10-24(27)23-14-15-34-32(18-23)33-19-30-26-12-6-5-11-25(26)28-16-21-8-2-3-9-22(21)17-29(28)31(30)20-35(33)39-34/h2-20H,1H3. The fraction of sp³-hybridized carbons (Fsp3) is 0.0278. The number of ether oxygens (including phenoxy) is 1. The van der Waals surface area contributed by atoms with Crippen molar-refractivity contribution in [3.8, 4) is 11.1 Å². The van der Waals surface area contributed by atoms with E-state index in [1.165, 1.54) is 50.2 Å². The third kappa shape index (κ3) is 3.20. The number of esters is 1. The van der Waals surface area contributed by atoms with Crippen LogP contribution in [0.15, 0.2) is 120 Å². The lowest BCUT2D eigenvalue weighted by atomic mass is 9.91. The Balaban J connectivity index is 1.46. The Morgan fingerprint density at radius 2 is 1.13 bits per heavy atom. The fourth-order valence-electron chi connectivity index (χ4n) is 6.10. The number of benzene rings is 7. The highest BCUT2D eigenvalue weighted by atomic mass is 16.5. The van der Waals surface area contributed by atoms with E-state index in [2.05, 4.69) is 78.9 Å². The molecule has 0 spiro atoms. The number of rotatable bonds is 2. The molecule has 0 unspecified atom stereocenters. The normalized spacial score (nSPS) is 11.8. The maximum absolute atomic E-state index is 12.5. The molecule has 8 aromatic rings. The van der Waals surface area contributed by atoms with Crippen LogP contribution in [0.3, 0.4) is 0 Å². The third-order valence-corrected chi connectivity index (χ3v) is 7.94. The molecule has 0 N–H and O–H groups in total. The van der Waals surface area contributed by atoms with Gasteiger partial charge in [-0.2, -0.15) is 0 Å². The lowest BCUT2D eigenvalue weighted by Crippen LogP contribution is -2.03. The number of carbonyl (C=O) groups is 1. The number of fused-ring (bicyclic) bond motifs is 10. The molecule has 0 amide bonds. The van der Waals surface area contributed by atoms with Crippen LogP contribution in [-0.4, -0.2) is 13.1 Å². The molecular weight excluding hydrogens is 480 g/mol. The molecule has 7 aromatic carbocycles. The molecule has 3 nitrogen and oxygen atoms in total. The van der Waals surface area contributed by atoms with Crippen LogP contribution in [-0.2, 0) is 4.74 Å². The van der Waals surface area contributed by atoms with Crippen LogP contribution < -0.4 is 0 Å². The van der Waals surface area contributed by atoms with E-state index in [0.29, 0.717) is 5.56 Å². The van der Waals surface area contributed by atoms with Crippen LogP contribution >= 0.6 is 0 Å². The van der Waals surface area contributed by atoms with Crippen LogP contribution in [0, 0.1) is 0 Å². The Morgan fingerprint density at radius 1 is 0.538 bits per heavy atom. The Labute approximate surface area is 223 Å². The molecular formula is C36H22O3. The van der Waals surface area contributed by atoms with Gasteiger partial charge >= 0.3 is 5.97 Å². The van der Waals surface area contributed by atoms with Crippen molar-refractivity contribution in [1.82, 2.24) is 0 Å². The summed E-state index contributed by atoms with van der Waals surface area (Å²) in [6.07, 6.45) is 0. The number of furan rings is 1. The predicted molar refractivity (Wildman–Crippen MR) is 161 cm³/mol. The maximum atomic E-state index is 12.5. The van der Waals surface area contributed by atoms with E-state index in [4.69, 9.17) is 9.15 Å². The molecule has 0 atom stereocenters. The lowest BCUT2D eigenvalue weighted by molar-refractivity contribution is 0.0601. The highest BCUT2D eigenvalue weighted by molar-refractivity contribution is 6.29. The molecule has 3 heteroatoms. The Hall–Kier alpha value is -5.15. The summed E-state index contributed by atoms with van der Waals surface area (Å²) in [6, 6.07) is 39.9. The third-order valence-electron chi connectivity index (χ3n) is 7.94. The van der Waals surface area contributed by atoms with Crippen molar-refractivity contribution in [1.29, 1.82) is 0 Å². The minimum atomic E-state index is -0.348. The van der Waals surface area contributed by atoms with E-state index in [9.17, 15) is 4.79 Å². The highest BCUT2D eigenvalue weighted by Crippen LogP contribution is 2.41. The second-order valence-electron chi connectivity index (χ2n) is 10.0. The van der Waals surface area contributed by atoms with Gasteiger partial charge in [-0.3, -0.25) is 0 Å². The molecule has 184 valence electrons. The van der Waals surface area contributed by atoms with Gasteiger partial charge in [0, 0.05) is 10.8 Å². The number of hydrogen-bond donors (Lipinski definition) is 0. The van der Waals surface area contributed by atoms with E-state index in [-0.39, 0.29) is 5.97 Å². The molecule has 1 aromatic heterocycles. The average Bonchev–Trinajstić information content (AvgIpc) is 3.36. The molecule has 0 fully saturated rings. The first-order chi connectivity index (χ1) is 19.2. The summed E-state index contributed by atoms with van der Waals surface area (Å²) in [5, 5.41) is 11.8. The molecule has 0 aliphatic rings. The first kappa shape index (κ1) is 21.9. The summed E-state index contributed by atoms with van der Waals surface area (Å²) in [5.74, 6) is -0.348. The van der Waals surface area contributed by atoms with Crippen molar-refractivity contribution >= 4 is 71.0 Å². The fourth-order valence-corrected chi connectivity index (χ4v) is 6.10. The van der Waals surface area contributed by atoms with E-state index < -0.39 is 0 Å². The molecule has 39 heavy (non-hydrogen) atoms. The zero-order chi connectivity index (χ0) is 26.1. The molecule has 0 bridgehead atoms. The zero-order valence-electron chi connectivity index (χ0n) is 21.2. The SMILES string of the molecule is COC(=O)c1ccccc1-c1ccc2oc3cc4c5cc6ccccc6cc5c5ccccc5c4cc3c2c1. The molecule has 0 aliphatic carbocycles. The summed E-state index contributed by atoms with van der Waals surface area (Å²) >= 11 is 0. The zero-order valence-corrected chi connectivity index (χ0v) is 21.2. The van der Waals surface area contributed by atoms with Crippen molar-refractivity contribution in [2.24, 2.45) is 0 Å². The van der Waals surface area contributed by atoms with E-state index in [0.717, 1.165) is 33.1 Å². The first-order valence-corrected chi connectivity index (χ1v) is 13.0. The number of hydrogen-bond acceptors (Lipinski definition) is 3. The van der Waals surface area contributed by atoms with E-state index >= 15 is 0 Å². The second-order valence-corrected chi connectivity index (χ2v) is 10.0. The molecule has 8 rings (SSSR count). The van der Waals surface area contributed by atoms with Gasteiger partial charge in [-0.15, -0.1) is 0 Å². The van der Waals surface area contributed by atoms with Gasteiger partial charge in [0.15, 0.2) is 0 Å². The van der Waals surface area contributed by atoms with Crippen LogP contribution in [0.2, 0.25) is 0 Å². The summed E-state index contributed by atoms with van der Waals surface area (Å²) < 4.78 is 11.4. The second kappa shape index (κ2) is 8.17. The van der Waals surface area contributed by atoms with Gasteiger partial charge < -0.3 is 9.15 Å². The van der Waals surface area contributed by atoms with Gasteiger partial charge in [0.1, 0.15) is 11.2 Å². The molecule has 1 heterocycles. The van der Waals surface area contributed by atoms with Crippen molar-refractivity contribution in [3.63, 3.8) is 0 Å². The van der Waals surface area contributed by atoms with Crippen LogP contribution in [0.1, 0.15) is 10.4 Å². The molecule has 0 radical (unpaired) electrons. The lowest BCUT2D eigenvalue weighted by Gasteiger charge is -2.12. The highest BCUT2D eigenvalue weighted by Gasteiger charge is 2.17. The first-order valence-electron chi connectivity index (χ1n) is 13.0. The summed E-state index contributed by atoms with van der Waals surface area (Å²) in [4.78, 5) is 12.5. The largest absolute Gasteiger partial charge is 0.465 e. The summed E-state index contributed by atoms with van der Waals surface area (Å²) in [6.45, 7) is 0. The quantitative estimate of drug-likeness (QED) is 0.134. The van der Waals surface area contributed by atoms with Crippen LogP contribution in [0.5, 0.6) is 0 Å². The van der Waals surface area contributed by atoms with Crippen molar-refractivity contribution < 1.29 is 13.9 Å². The van der Waals surface area contributed by atoms with Crippen molar-refractivity contribution in [2.75, 3.05) is 7.11 Å². The maximum Gasteiger partial charge on any atom is 0.338 e. The van der Waals surface area contributed by atoms with E-state index in [1.807, 2.05) is 30.3 Å². The molecule has 0 saturated heterocycles. The molecule has 0 saturated carbocycles.